The van der Waals surface area contributed by atoms with Crippen LogP contribution in [0.1, 0.15) is 17.5 Å². The predicted octanol–water partition coefficient (Wildman–Crippen LogP) is 2.45. The second-order valence-corrected chi connectivity index (χ2v) is 5.77. The van der Waals surface area contributed by atoms with E-state index < -0.39 is 0 Å². The fourth-order valence-electron chi connectivity index (χ4n) is 2.58. The fraction of sp³-hybridized carbons (Fsp3) is 0.278. The van der Waals surface area contributed by atoms with E-state index in [1.165, 1.54) is 0 Å². The molecule has 1 aliphatic rings. The van der Waals surface area contributed by atoms with Crippen LogP contribution in [0.2, 0.25) is 0 Å². The van der Waals surface area contributed by atoms with Gasteiger partial charge in [-0.1, -0.05) is 12.1 Å². The first-order valence-electron chi connectivity index (χ1n) is 7.80. The average molecular weight is 325 g/mol. The van der Waals surface area contributed by atoms with Crippen molar-refractivity contribution in [1.29, 1.82) is 0 Å². The Bertz CT molecular complexity index is 789. The number of nitrogens with one attached hydrogen (secondary N) is 1. The van der Waals surface area contributed by atoms with Crippen molar-refractivity contribution in [2.75, 3.05) is 23.4 Å². The van der Waals surface area contributed by atoms with Gasteiger partial charge in [0.25, 0.3) is 5.91 Å². The zero-order chi connectivity index (χ0) is 17.1. The van der Waals surface area contributed by atoms with E-state index in [1.54, 1.807) is 11.1 Å². The van der Waals surface area contributed by atoms with Crippen LogP contribution in [0.5, 0.6) is 5.75 Å². The van der Waals surface area contributed by atoms with Gasteiger partial charge >= 0.3 is 0 Å². The second kappa shape index (κ2) is 6.70. The monoisotopic (exact) mass is 325 g/mol. The van der Waals surface area contributed by atoms with Crippen LogP contribution >= 0.6 is 0 Å². The minimum Gasteiger partial charge on any atom is -0.482 e. The number of amides is 2. The highest BCUT2D eigenvalue weighted by Crippen LogP contribution is 2.32. The van der Waals surface area contributed by atoms with E-state index in [2.05, 4.69) is 10.3 Å². The quantitative estimate of drug-likeness (QED) is 0.937. The van der Waals surface area contributed by atoms with Crippen molar-refractivity contribution in [3.8, 4) is 5.75 Å². The molecule has 1 aliphatic heterocycles. The Hall–Kier alpha value is -2.89. The average Bonchev–Trinajstić information content (AvgIpc) is 2.56. The van der Waals surface area contributed by atoms with E-state index in [0.717, 1.165) is 11.1 Å². The molecule has 0 fully saturated rings. The third kappa shape index (κ3) is 3.37. The highest BCUT2D eigenvalue weighted by Gasteiger charge is 2.25. The Morgan fingerprint density at radius 2 is 2.17 bits per heavy atom. The molecule has 6 heteroatoms. The molecular weight excluding hydrogens is 306 g/mol. The van der Waals surface area contributed by atoms with Gasteiger partial charge in [-0.05, 0) is 43.2 Å². The molecule has 0 saturated carbocycles. The van der Waals surface area contributed by atoms with Crippen LogP contribution in [0.15, 0.2) is 36.5 Å². The van der Waals surface area contributed by atoms with Crippen LogP contribution in [0.4, 0.5) is 11.5 Å². The Labute approximate surface area is 140 Å². The molecule has 1 N–H and O–H groups in total. The summed E-state index contributed by atoms with van der Waals surface area (Å²) in [5.74, 6) is 0.897. The first-order chi connectivity index (χ1) is 11.5. The number of hydrogen-bond donors (Lipinski definition) is 1. The number of carbonyl (C=O) groups is 2. The zero-order valence-corrected chi connectivity index (χ0v) is 13.7. The largest absolute Gasteiger partial charge is 0.482 e. The van der Waals surface area contributed by atoms with Gasteiger partial charge in [-0.3, -0.25) is 9.59 Å². The smallest absolute Gasteiger partial charge is 0.265 e. The van der Waals surface area contributed by atoms with E-state index in [4.69, 9.17) is 4.74 Å². The highest BCUT2D eigenvalue weighted by molar-refractivity contribution is 5.99. The summed E-state index contributed by atoms with van der Waals surface area (Å²) in [6.45, 7) is 4.13. The number of benzene rings is 1. The maximum atomic E-state index is 12.2. The van der Waals surface area contributed by atoms with E-state index >= 15 is 0 Å². The van der Waals surface area contributed by atoms with Crippen LogP contribution < -0.4 is 15.0 Å². The molecule has 2 amide bonds. The van der Waals surface area contributed by atoms with Gasteiger partial charge in [-0.15, -0.1) is 0 Å². The molecule has 3 rings (SSSR count). The summed E-state index contributed by atoms with van der Waals surface area (Å²) < 4.78 is 5.44. The number of aryl methyl sites for hydroxylation is 2. The van der Waals surface area contributed by atoms with Crippen LogP contribution in [0.25, 0.3) is 0 Å². The highest BCUT2D eigenvalue weighted by atomic mass is 16.5. The molecule has 6 nitrogen and oxygen atoms in total. The summed E-state index contributed by atoms with van der Waals surface area (Å²) in [5, 5.41) is 2.78. The number of anilines is 2. The Balaban J connectivity index is 1.68. The molecular formula is C18H19N3O3. The van der Waals surface area contributed by atoms with Gasteiger partial charge in [0.2, 0.25) is 5.91 Å². The van der Waals surface area contributed by atoms with Crippen molar-refractivity contribution >= 4 is 23.3 Å². The lowest BCUT2D eigenvalue weighted by Crippen LogP contribution is -2.40. The topological polar surface area (TPSA) is 71.5 Å². The van der Waals surface area contributed by atoms with E-state index in [1.807, 2.05) is 44.2 Å². The maximum Gasteiger partial charge on any atom is 0.265 e. The summed E-state index contributed by atoms with van der Waals surface area (Å²) in [7, 11) is 0. The summed E-state index contributed by atoms with van der Waals surface area (Å²) in [6.07, 6.45) is 1.82. The first kappa shape index (κ1) is 16.0. The number of rotatable bonds is 4. The predicted molar refractivity (Wildman–Crippen MR) is 91.2 cm³/mol. The minimum atomic E-state index is -0.176. The van der Waals surface area contributed by atoms with E-state index in [-0.39, 0.29) is 24.8 Å². The van der Waals surface area contributed by atoms with Crippen LogP contribution in [-0.2, 0) is 9.59 Å². The normalized spacial score (nSPS) is 13.2. The summed E-state index contributed by atoms with van der Waals surface area (Å²) >= 11 is 0. The second-order valence-electron chi connectivity index (χ2n) is 5.77. The molecule has 0 atom stereocenters. The van der Waals surface area contributed by atoms with Crippen molar-refractivity contribution in [2.24, 2.45) is 0 Å². The lowest BCUT2D eigenvalue weighted by atomic mass is 10.1. The molecule has 1 aromatic carbocycles. The van der Waals surface area contributed by atoms with Crippen LogP contribution in [0, 0.1) is 13.8 Å². The summed E-state index contributed by atoms with van der Waals surface area (Å²) in [6, 6.07) is 9.38. The van der Waals surface area contributed by atoms with Crippen molar-refractivity contribution in [2.45, 2.75) is 20.3 Å². The molecule has 0 bridgehead atoms. The number of ether oxygens (including phenoxy) is 1. The minimum absolute atomic E-state index is 0.00295. The SMILES string of the molecule is Cc1ccc2c(c1)N(CCC(=O)Nc1ncccc1C)C(=O)CO2. The summed E-state index contributed by atoms with van der Waals surface area (Å²) in [5.41, 5.74) is 2.65. The zero-order valence-electron chi connectivity index (χ0n) is 13.7. The number of pyridine rings is 1. The van der Waals surface area contributed by atoms with Crippen LogP contribution in [-0.4, -0.2) is 29.9 Å². The molecule has 0 spiro atoms. The molecule has 2 heterocycles. The maximum absolute atomic E-state index is 12.2. The Morgan fingerprint density at radius 3 is 2.96 bits per heavy atom. The van der Waals surface area contributed by atoms with Crippen molar-refractivity contribution < 1.29 is 14.3 Å². The standard InChI is InChI=1S/C18H19N3O3/c1-12-5-6-15-14(10-12)21(17(23)11-24-15)9-7-16(22)20-18-13(2)4-3-8-19-18/h3-6,8,10H,7,9,11H2,1-2H3,(H,19,20,22). The molecule has 0 radical (unpaired) electrons. The molecule has 1 aromatic heterocycles. The third-order valence-corrected chi connectivity index (χ3v) is 3.89. The summed E-state index contributed by atoms with van der Waals surface area (Å²) in [4.78, 5) is 30.1. The molecule has 0 unspecified atom stereocenters. The van der Waals surface area contributed by atoms with Gasteiger partial charge < -0.3 is 15.0 Å². The van der Waals surface area contributed by atoms with E-state index in [0.29, 0.717) is 23.8 Å². The lowest BCUT2D eigenvalue weighted by molar-refractivity contribution is -0.121. The molecule has 24 heavy (non-hydrogen) atoms. The molecule has 2 aromatic rings. The number of carbonyl (C=O) groups excluding carboxylic acids is 2. The lowest BCUT2D eigenvalue weighted by Gasteiger charge is -2.29. The van der Waals surface area contributed by atoms with E-state index in [9.17, 15) is 9.59 Å². The first-order valence-corrected chi connectivity index (χ1v) is 7.80. The molecule has 0 aliphatic carbocycles. The van der Waals surface area contributed by atoms with Crippen LogP contribution in [0.3, 0.4) is 0 Å². The number of fused-ring (bicyclic) bond motifs is 1. The van der Waals surface area contributed by atoms with Crippen molar-refractivity contribution in [3.63, 3.8) is 0 Å². The van der Waals surface area contributed by atoms with Gasteiger partial charge in [0.05, 0.1) is 5.69 Å². The fourth-order valence-corrected chi connectivity index (χ4v) is 2.58. The van der Waals surface area contributed by atoms with Gasteiger partial charge in [0.15, 0.2) is 6.61 Å². The Morgan fingerprint density at radius 1 is 1.33 bits per heavy atom. The number of hydrogen-bond acceptors (Lipinski definition) is 4. The van der Waals surface area contributed by atoms with Gasteiger partial charge in [-0.25, -0.2) is 4.98 Å². The van der Waals surface area contributed by atoms with Gasteiger partial charge in [-0.2, -0.15) is 0 Å². The molecule has 0 saturated heterocycles. The van der Waals surface area contributed by atoms with Gasteiger partial charge in [0.1, 0.15) is 11.6 Å². The van der Waals surface area contributed by atoms with Crippen molar-refractivity contribution in [1.82, 2.24) is 4.98 Å². The number of aromatic nitrogens is 1. The molecule has 124 valence electrons. The number of nitrogens with zero attached hydrogens (tertiary/aromatic N) is 2. The third-order valence-electron chi connectivity index (χ3n) is 3.89. The van der Waals surface area contributed by atoms with Gasteiger partial charge in [0, 0.05) is 19.2 Å². The Kier molecular flexibility index (Phi) is 4.46. The van der Waals surface area contributed by atoms with Crippen molar-refractivity contribution in [3.05, 3.63) is 47.7 Å².